The highest BCUT2D eigenvalue weighted by atomic mass is 35.5. The number of sulfonamides is 1. The molecule has 230 valence electrons. The van der Waals surface area contributed by atoms with Gasteiger partial charge in [0.2, 0.25) is 11.8 Å². The summed E-state index contributed by atoms with van der Waals surface area (Å²) in [6, 6.07) is 28.2. The van der Waals surface area contributed by atoms with Gasteiger partial charge in [-0.3, -0.25) is 13.9 Å². The average Bonchev–Trinajstić information content (AvgIpc) is 3.00. The van der Waals surface area contributed by atoms with Crippen molar-refractivity contribution in [2.75, 3.05) is 10.8 Å². The first-order valence-corrected chi connectivity index (χ1v) is 16.4. The monoisotopic (exact) mass is 651 g/mol. The molecule has 4 rings (SSSR count). The van der Waals surface area contributed by atoms with Crippen molar-refractivity contribution in [3.05, 3.63) is 130 Å². The second-order valence-electron chi connectivity index (χ2n) is 10.8. The Morgan fingerprint density at radius 3 is 2.00 bits per heavy atom. The van der Waals surface area contributed by atoms with E-state index in [1.807, 2.05) is 75.4 Å². The number of nitrogens with zero attached hydrogens (tertiary/aromatic N) is 2. The first-order valence-electron chi connectivity index (χ1n) is 14.2. The molecule has 0 aromatic heterocycles. The molecule has 0 aliphatic carbocycles. The highest BCUT2D eigenvalue weighted by molar-refractivity contribution is 7.92. The van der Waals surface area contributed by atoms with E-state index in [0.29, 0.717) is 0 Å². The lowest BCUT2D eigenvalue weighted by Crippen LogP contribution is -2.54. The molecule has 4 aromatic rings. The Morgan fingerprint density at radius 2 is 1.41 bits per heavy atom. The van der Waals surface area contributed by atoms with Gasteiger partial charge < -0.3 is 10.2 Å². The van der Waals surface area contributed by atoms with Gasteiger partial charge in [-0.15, -0.1) is 0 Å². The third kappa shape index (κ3) is 8.40. The number of hydrogen-bond acceptors (Lipinski definition) is 4. The highest BCUT2D eigenvalue weighted by Gasteiger charge is 2.35. The highest BCUT2D eigenvalue weighted by Crippen LogP contribution is 2.31. The number of amides is 2. The number of carbonyl (C=O) groups excluding carboxylic acids is 2. The van der Waals surface area contributed by atoms with Gasteiger partial charge >= 0.3 is 0 Å². The van der Waals surface area contributed by atoms with E-state index in [-0.39, 0.29) is 45.5 Å². The number of halogens is 2. The lowest BCUT2D eigenvalue weighted by molar-refractivity contribution is -0.140. The van der Waals surface area contributed by atoms with Gasteiger partial charge in [-0.25, -0.2) is 8.42 Å². The minimum absolute atomic E-state index is 0.00217. The first kappa shape index (κ1) is 33.1. The first-order chi connectivity index (χ1) is 21.0. The van der Waals surface area contributed by atoms with Crippen LogP contribution in [-0.2, 0) is 32.6 Å². The SMILES string of the molecule is Cc1ccc(CN(C(=O)CN(c2ccc(Cl)c(Cl)c2)S(=O)(=O)c2ccccc2)[C@H](Cc2ccccc2)C(=O)NC(C)C)cc1. The maximum absolute atomic E-state index is 14.4. The fourth-order valence-electron chi connectivity index (χ4n) is 4.71. The van der Waals surface area contributed by atoms with Crippen LogP contribution >= 0.6 is 23.2 Å². The summed E-state index contributed by atoms with van der Waals surface area (Å²) in [5, 5.41) is 3.33. The van der Waals surface area contributed by atoms with Crippen molar-refractivity contribution in [3.63, 3.8) is 0 Å². The van der Waals surface area contributed by atoms with Crippen LogP contribution in [0.2, 0.25) is 10.0 Å². The van der Waals surface area contributed by atoms with Gasteiger partial charge in [0, 0.05) is 19.0 Å². The predicted octanol–water partition coefficient (Wildman–Crippen LogP) is 6.66. The second-order valence-corrected chi connectivity index (χ2v) is 13.5. The summed E-state index contributed by atoms with van der Waals surface area (Å²) in [5.74, 6) is -0.896. The number of rotatable bonds is 12. The van der Waals surface area contributed by atoms with Crippen molar-refractivity contribution in [2.45, 2.75) is 50.7 Å². The number of nitrogens with one attached hydrogen (secondary N) is 1. The van der Waals surface area contributed by atoms with E-state index in [1.165, 1.54) is 35.2 Å². The van der Waals surface area contributed by atoms with Crippen LogP contribution in [0.5, 0.6) is 0 Å². The molecule has 0 radical (unpaired) electrons. The number of carbonyl (C=O) groups is 2. The molecule has 7 nitrogen and oxygen atoms in total. The molecule has 0 saturated carbocycles. The van der Waals surface area contributed by atoms with Crippen LogP contribution in [0.4, 0.5) is 5.69 Å². The second kappa shape index (κ2) is 14.8. The number of anilines is 1. The maximum atomic E-state index is 14.4. The molecule has 1 N–H and O–H groups in total. The summed E-state index contributed by atoms with van der Waals surface area (Å²) < 4.78 is 29.1. The number of benzene rings is 4. The number of hydrogen-bond donors (Lipinski definition) is 1. The molecule has 1 atom stereocenters. The molecule has 0 fully saturated rings. The van der Waals surface area contributed by atoms with Crippen molar-refractivity contribution < 1.29 is 18.0 Å². The van der Waals surface area contributed by atoms with Gasteiger partial charge in [-0.1, -0.05) is 102 Å². The van der Waals surface area contributed by atoms with Gasteiger partial charge in [0.05, 0.1) is 20.6 Å². The quantitative estimate of drug-likeness (QED) is 0.186. The van der Waals surface area contributed by atoms with Crippen molar-refractivity contribution in [1.82, 2.24) is 10.2 Å². The lowest BCUT2D eigenvalue weighted by Gasteiger charge is -2.34. The minimum Gasteiger partial charge on any atom is -0.352 e. The molecule has 0 aliphatic rings. The van der Waals surface area contributed by atoms with Crippen LogP contribution in [0, 0.1) is 6.92 Å². The van der Waals surface area contributed by atoms with E-state index < -0.39 is 28.5 Å². The molecule has 0 spiro atoms. The summed E-state index contributed by atoms with van der Waals surface area (Å²) in [4.78, 5) is 29.6. The van der Waals surface area contributed by atoms with Gasteiger partial charge in [0.25, 0.3) is 10.0 Å². The predicted molar refractivity (Wildman–Crippen MR) is 176 cm³/mol. The van der Waals surface area contributed by atoms with Crippen LogP contribution in [0.1, 0.15) is 30.5 Å². The summed E-state index contributed by atoms with van der Waals surface area (Å²) in [6.07, 6.45) is 0.231. The maximum Gasteiger partial charge on any atom is 0.264 e. The Labute approximate surface area is 269 Å². The Morgan fingerprint density at radius 1 is 0.795 bits per heavy atom. The number of aryl methyl sites for hydroxylation is 1. The Hall–Kier alpha value is -3.85. The largest absolute Gasteiger partial charge is 0.352 e. The Bertz CT molecular complexity index is 1680. The van der Waals surface area contributed by atoms with Crippen LogP contribution in [-0.4, -0.2) is 43.8 Å². The van der Waals surface area contributed by atoms with Crippen LogP contribution in [0.3, 0.4) is 0 Å². The van der Waals surface area contributed by atoms with E-state index >= 15 is 0 Å². The zero-order chi connectivity index (χ0) is 31.9. The van der Waals surface area contributed by atoms with Crippen LogP contribution < -0.4 is 9.62 Å². The fraction of sp³-hybridized carbons (Fsp3) is 0.235. The van der Waals surface area contributed by atoms with E-state index in [4.69, 9.17) is 23.2 Å². The minimum atomic E-state index is -4.23. The molecule has 0 bridgehead atoms. The molecular formula is C34H35Cl2N3O4S. The lowest BCUT2D eigenvalue weighted by atomic mass is 10.0. The van der Waals surface area contributed by atoms with E-state index in [1.54, 1.807) is 18.2 Å². The molecule has 0 saturated heterocycles. The molecule has 10 heteroatoms. The third-order valence-corrected chi connectivity index (χ3v) is 9.50. The summed E-state index contributed by atoms with van der Waals surface area (Å²) >= 11 is 12.5. The summed E-state index contributed by atoms with van der Waals surface area (Å²) in [6.45, 7) is 5.17. The van der Waals surface area contributed by atoms with Gasteiger partial charge in [0.15, 0.2) is 0 Å². The van der Waals surface area contributed by atoms with Gasteiger partial charge in [0.1, 0.15) is 12.6 Å². The van der Waals surface area contributed by atoms with Crippen molar-refractivity contribution >= 4 is 50.7 Å². The summed E-state index contributed by atoms with van der Waals surface area (Å²) in [5.41, 5.74) is 2.87. The Balaban J connectivity index is 1.81. The van der Waals surface area contributed by atoms with E-state index in [0.717, 1.165) is 21.0 Å². The third-order valence-electron chi connectivity index (χ3n) is 6.98. The van der Waals surface area contributed by atoms with Crippen LogP contribution in [0.25, 0.3) is 0 Å². The van der Waals surface area contributed by atoms with Gasteiger partial charge in [-0.2, -0.15) is 0 Å². The Kier molecular flexibility index (Phi) is 11.1. The fourth-order valence-corrected chi connectivity index (χ4v) is 6.43. The van der Waals surface area contributed by atoms with Crippen molar-refractivity contribution in [1.29, 1.82) is 0 Å². The normalized spacial score (nSPS) is 12.0. The molecule has 0 heterocycles. The molecule has 44 heavy (non-hydrogen) atoms. The topological polar surface area (TPSA) is 86.8 Å². The zero-order valence-electron chi connectivity index (χ0n) is 24.8. The standard InChI is InChI=1S/C34H35Cl2N3O4S/c1-24(2)37-34(41)32(20-26-10-6-4-7-11-26)38(22-27-16-14-25(3)15-17-27)33(40)23-39(28-18-19-30(35)31(36)21-28)44(42,43)29-12-8-5-9-13-29/h4-19,21,24,32H,20,22-23H2,1-3H3,(H,37,41)/t32-/m1/s1. The molecule has 0 unspecified atom stereocenters. The smallest absolute Gasteiger partial charge is 0.264 e. The van der Waals surface area contributed by atoms with E-state index in [9.17, 15) is 18.0 Å². The van der Waals surface area contributed by atoms with Crippen molar-refractivity contribution in [2.24, 2.45) is 0 Å². The zero-order valence-corrected chi connectivity index (χ0v) is 27.1. The molecular weight excluding hydrogens is 617 g/mol. The average molecular weight is 653 g/mol. The molecule has 4 aromatic carbocycles. The summed E-state index contributed by atoms with van der Waals surface area (Å²) in [7, 11) is -4.23. The van der Waals surface area contributed by atoms with E-state index in [2.05, 4.69) is 5.32 Å². The van der Waals surface area contributed by atoms with Crippen molar-refractivity contribution in [3.8, 4) is 0 Å². The molecule has 2 amide bonds. The molecule has 0 aliphatic heterocycles. The van der Waals surface area contributed by atoms with Gasteiger partial charge in [-0.05, 0) is 62.2 Å². The van der Waals surface area contributed by atoms with Crippen LogP contribution in [0.15, 0.2) is 108 Å².